The van der Waals surface area contributed by atoms with E-state index in [0.29, 0.717) is 11.3 Å². The Morgan fingerprint density at radius 1 is 1.33 bits per heavy atom. The minimum absolute atomic E-state index is 0.0138. The van der Waals surface area contributed by atoms with Crippen LogP contribution in [0.4, 0.5) is 10.1 Å². The first-order valence-electron chi connectivity index (χ1n) is 5.96. The zero-order chi connectivity index (χ0) is 15.2. The van der Waals surface area contributed by atoms with Gasteiger partial charge in [0.05, 0.1) is 16.7 Å². The molecule has 1 amide bonds. The summed E-state index contributed by atoms with van der Waals surface area (Å²) in [5.41, 5.74) is 0.929. The van der Waals surface area contributed by atoms with Gasteiger partial charge in [-0.15, -0.1) is 0 Å². The molecule has 4 nitrogen and oxygen atoms in total. The molecule has 106 valence electrons. The number of nitriles is 1. The predicted molar refractivity (Wildman–Crippen MR) is 76.7 cm³/mol. The second-order valence-corrected chi connectivity index (χ2v) is 4.51. The summed E-state index contributed by atoms with van der Waals surface area (Å²) in [6.07, 6.45) is 0. The van der Waals surface area contributed by atoms with Crippen LogP contribution in [0.2, 0.25) is 5.02 Å². The molecule has 21 heavy (non-hydrogen) atoms. The molecule has 0 saturated carbocycles. The van der Waals surface area contributed by atoms with Crippen molar-refractivity contribution in [2.45, 2.75) is 0 Å². The van der Waals surface area contributed by atoms with Crippen molar-refractivity contribution in [1.82, 2.24) is 0 Å². The normalized spacial score (nSPS) is 9.76. The third kappa shape index (κ3) is 4.20. The van der Waals surface area contributed by atoms with Crippen molar-refractivity contribution >= 4 is 23.2 Å². The molecule has 6 heteroatoms. The second kappa shape index (κ2) is 6.73. The van der Waals surface area contributed by atoms with Crippen LogP contribution in [0.15, 0.2) is 42.5 Å². The van der Waals surface area contributed by atoms with E-state index in [2.05, 4.69) is 5.32 Å². The van der Waals surface area contributed by atoms with Crippen molar-refractivity contribution in [2.75, 3.05) is 11.9 Å². The Labute approximate surface area is 125 Å². The van der Waals surface area contributed by atoms with Gasteiger partial charge in [0.15, 0.2) is 6.61 Å². The van der Waals surface area contributed by atoms with Crippen molar-refractivity contribution in [1.29, 1.82) is 5.26 Å². The van der Waals surface area contributed by atoms with Crippen LogP contribution < -0.4 is 10.1 Å². The number of rotatable bonds is 4. The Balaban J connectivity index is 1.92. The third-order valence-electron chi connectivity index (χ3n) is 2.54. The topological polar surface area (TPSA) is 62.1 Å². The molecule has 0 heterocycles. The first-order chi connectivity index (χ1) is 10.1. The molecule has 0 bridgehead atoms. The summed E-state index contributed by atoms with van der Waals surface area (Å²) >= 11 is 5.54. The Morgan fingerprint density at radius 2 is 2.14 bits per heavy atom. The summed E-state index contributed by atoms with van der Waals surface area (Å²) in [5, 5.41) is 11.3. The Bertz CT molecular complexity index is 713. The number of carbonyl (C=O) groups excluding carboxylic acids is 1. The number of hydrogen-bond acceptors (Lipinski definition) is 3. The van der Waals surface area contributed by atoms with Crippen LogP contribution >= 0.6 is 11.6 Å². The van der Waals surface area contributed by atoms with Gasteiger partial charge in [-0.25, -0.2) is 4.39 Å². The maximum atomic E-state index is 13.2. The van der Waals surface area contributed by atoms with Crippen LogP contribution in [0.5, 0.6) is 5.75 Å². The number of ether oxygens (including phenoxy) is 1. The van der Waals surface area contributed by atoms with Gasteiger partial charge in [-0.3, -0.25) is 4.79 Å². The molecule has 0 unspecified atom stereocenters. The number of benzene rings is 2. The minimum Gasteiger partial charge on any atom is -0.484 e. The van der Waals surface area contributed by atoms with E-state index in [1.807, 2.05) is 6.07 Å². The van der Waals surface area contributed by atoms with Crippen molar-refractivity contribution in [3.8, 4) is 11.8 Å². The molecule has 0 fully saturated rings. The molecular weight excluding hydrogens is 295 g/mol. The first-order valence-corrected chi connectivity index (χ1v) is 6.34. The molecular formula is C15H10ClFN2O2. The van der Waals surface area contributed by atoms with Gasteiger partial charge in [-0.05, 0) is 30.3 Å². The molecule has 2 aromatic rings. The van der Waals surface area contributed by atoms with E-state index < -0.39 is 11.7 Å². The van der Waals surface area contributed by atoms with Gasteiger partial charge < -0.3 is 10.1 Å². The quantitative estimate of drug-likeness (QED) is 0.942. The highest BCUT2D eigenvalue weighted by Gasteiger charge is 2.06. The standard InChI is InChI=1S/C15H10ClFN2O2/c16-13-5-4-12(7-14(13)17)21-9-15(20)19-11-3-1-2-10(6-11)8-18/h1-7H,9H2,(H,19,20). The lowest BCUT2D eigenvalue weighted by atomic mass is 10.2. The Morgan fingerprint density at radius 3 is 2.86 bits per heavy atom. The summed E-state index contributed by atoms with van der Waals surface area (Å²) in [5.74, 6) is -0.824. The minimum atomic E-state index is -0.615. The van der Waals surface area contributed by atoms with Crippen LogP contribution in [0.1, 0.15) is 5.56 Å². The average molecular weight is 305 g/mol. The first kappa shape index (κ1) is 14.8. The summed E-state index contributed by atoms with van der Waals surface area (Å²) in [6.45, 7) is -0.280. The van der Waals surface area contributed by atoms with Crippen molar-refractivity contribution in [3.05, 3.63) is 58.9 Å². The van der Waals surface area contributed by atoms with E-state index >= 15 is 0 Å². The Hall–Kier alpha value is -2.58. The number of carbonyl (C=O) groups is 1. The van der Waals surface area contributed by atoms with Crippen LogP contribution in [0.3, 0.4) is 0 Å². The van der Waals surface area contributed by atoms with Gasteiger partial charge in [0.1, 0.15) is 11.6 Å². The summed E-state index contributed by atoms with van der Waals surface area (Å²) in [6, 6.07) is 12.4. The molecule has 2 aromatic carbocycles. The molecule has 0 radical (unpaired) electrons. The molecule has 0 spiro atoms. The molecule has 2 rings (SSSR count). The van der Waals surface area contributed by atoms with Crippen molar-refractivity contribution in [3.63, 3.8) is 0 Å². The number of nitrogens with zero attached hydrogens (tertiary/aromatic N) is 1. The van der Waals surface area contributed by atoms with E-state index in [1.54, 1.807) is 24.3 Å². The fourth-order valence-electron chi connectivity index (χ4n) is 1.58. The SMILES string of the molecule is N#Cc1cccc(NC(=O)COc2ccc(Cl)c(F)c2)c1. The number of halogens is 2. The summed E-state index contributed by atoms with van der Waals surface area (Å²) in [7, 11) is 0. The number of amides is 1. The highest BCUT2D eigenvalue weighted by molar-refractivity contribution is 6.30. The number of anilines is 1. The maximum absolute atomic E-state index is 13.2. The van der Waals surface area contributed by atoms with Gasteiger partial charge in [-0.2, -0.15) is 5.26 Å². The molecule has 0 atom stereocenters. The Kier molecular flexibility index (Phi) is 4.75. The van der Waals surface area contributed by atoms with Crippen molar-refractivity contribution < 1.29 is 13.9 Å². The monoisotopic (exact) mass is 304 g/mol. The largest absolute Gasteiger partial charge is 0.484 e. The second-order valence-electron chi connectivity index (χ2n) is 4.11. The lowest BCUT2D eigenvalue weighted by molar-refractivity contribution is -0.118. The smallest absolute Gasteiger partial charge is 0.262 e. The number of hydrogen-bond donors (Lipinski definition) is 1. The maximum Gasteiger partial charge on any atom is 0.262 e. The van der Waals surface area contributed by atoms with Crippen LogP contribution in [-0.2, 0) is 4.79 Å². The highest BCUT2D eigenvalue weighted by atomic mass is 35.5. The van der Waals surface area contributed by atoms with Crippen LogP contribution in [0.25, 0.3) is 0 Å². The molecule has 0 aliphatic rings. The number of nitrogens with one attached hydrogen (secondary N) is 1. The zero-order valence-electron chi connectivity index (χ0n) is 10.8. The predicted octanol–water partition coefficient (Wildman–Crippen LogP) is 3.37. The average Bonchev–Trinajstić information content (AvgIpc) is 2.48. The lowest BCUT2D eigenvalue weighted by Crippen LogP contribution is -2.20. The van der Waals surface area contributed by atoms with E-state index in [1.165, 1.54) is 12.1 Å². The molecule has 0 saturated heterocycles. The van der Waals surface area contributed by atoms with Gasteiger partial charge in [-0.1, -0.05) is 17.7 Å². The third-order valence-corrected chi connectivity index (χ3v) is 2.84. The summed E-state index contributed by atoms with van der Waals surface area (Å²) in [4.78, 5) is 11.7. The van der Waals surface area contributed by atoms with Gasteiger partial charge in [0, 0.05) is 11.8 Å². The van der Waals surface area contributed by atoms with Crippen LogP contribution in [0, 0.1) is 17.1 Å². The fraction of sp³-hybridized carbons (Fsp3) is 0.0667. The summed E-state index contributed by atoms with van der Waals surface area (Å²) < 4.78 is 18.3. The molecule has 1 N–H and O–H groups in total. The molecule has 0 aromatic heterocycles. The molecule has 0 aliphatic heterocycles. The van der Waals surface area contributed by atoms with E-state index in [0.717, 1.165) is 6.07 Å². The van der Waals surface area contributed by atoms with Gasteiger partial charge in [0.2, 0.25) is 0 Å². The lowest BCUT2D eigenvalue weighted by Gasteiger charge is -2.08. The van der Waals surface area contributed by atoms with Crippen LogP contribution in [-0.4, -0.2) is 12.5 Å². The van der Waals surface area contributed by atoms with E-state index in [4.69, 9.17) is 21.6 Å². The fourth-order valence-corrected chi connectivity index (χ4v) is 1.70. The van der Waals surface area contributed by atoms with Gasteiger partial charge in [0.25, 0.3) is 5.91 Å². The van der Waals surface area contributed by atoms with E-state index in [-0.39, 0.29) is 17.4 Å². The van der Waals surface area contributed by atoms with Crippen molar-refractivity contribution in [2.24, 2.45) is 0 Å². The highest BCUT2D eigenvalue weighted by Crippen LogP contribution is 2.20. The molecule has 0 aliphatic carbocycles. The van der Waals surface area contributed by atoms with Gasteiger partial charge >= 0.3 is 0 Å². The van der Waals surface area contributed by atoms with E-state index in [9.17, 15) is 9.18 Å². The zero-order valence-corrected chi connectivity index (χ0v) is 11.5.